The summed E-state index contributed by atoms with van der Waals surface area (Å²) >= 11 is 11.9. The third-order valence-corrected chi connectivity index (χ3v) is 7.07. The van der Waals surface area contributed by atoms with Gasteiger partial charge in [0.05, 0.1) is 27.2 Å². The van der Waals surface area contributed by atoms with Crippen LogP contribution < -0.4 is 5.43 Å². The maximum Gasteiger partial charge on any atom is 0.272 e. The zero-order chi connectivity index (χ0) is 22.9. The zero-order valence-electron chi connectivity index (χ0n) is 16.8. The highest BCUT2D eigenvalue weighted by atomic mass is 35.5. The van der Waals surface area contributed by atoms with E-state index in [1.165, 1.54) is 28.5 Å². The molecule has 162 valence electrons. The van der Waals surface area contributed by atoms with Crippen LogP contribution in [-0.2, 0) is 10.0 Å². The van der Waals surface area contributed by atoms with Crippen molar-refractivity contribution in [3.8, 4) is 0 Å². The molecular weight excluding hydrogens is 469 g/mol. The maximum absolute atomic E-state index is 13.2. The highest BCUT2D eigenvalue weighted by Gasteiger charge is 2.20. The Hall–Kier alpha value is -3.13. The van der Waals surface area contributed by atoms with Gasteiger partial charge in [-0.25, -0.2) is 17.8 Å². The number of rotatable bonds is 5. The molecule has 4 aromatic rings. The van der Waals surface area contributed by atoms with Crippen LogP contribution >= 0.6 is 23.2 Å². The Kier molecular flexibility index (Phi) is 6.06. The summed E-state index contributed by atoms with van der Waals surface area (Å²) in [6.07, 6.45) is 2.87. The van der Waals surface area contributed by atoms with Crippen LogP contribution in [0.5, 0.6) is 0 Å². The standard InChI is InChI=1S/C23H17Cl2N3O3S/c1-15-6-9-18(10-7-15)32(30,31)28-14-16(19-4-2-3-5-22(19)28)13-26-27-23(29)20-11-8-17(24)12-21(20)25/h2-14H,1H3,(H,27,29)/b26-13-. The molecule has 3 aromatic carbocycles. The van der Waals surface area contributed by atoms with E-state index in [-0.39, 0.29) is 15.5 Å². The van der Waals surface area contributed by atoms with Gasteiger partial charge in [-0.15, -0.1) is 0 Å². The van der Waals surface area contributed by atoms with Crippen molar-refractivity contribution >= 4 is 56.2 Å². The number of hydrogen-bond acceptors (Lipinski definition) is 4. The third kappa shape index (κ3) is 4.27. The van der Waals surface area contributed by atoms with Gasteiger partial charge in [0.25, 0.3) is 15.9 Å². The van der Waals surface area contributed by atoms with E-state index in [0.29, 0.717) is 21.5 Å². The molecule has 0 spiro atoms. The number of amides is 1. The molecule has 0 unspecified atom stereocenters. The molecule has 0 atom stereocenters. The lowest BCUT2D eigenvalue weighted by Gasteiger charge is -2.07. The number of nitrogens with one attached hydrogen (secondary N) is 1. The van der Waals surface area contributed by atoms with Crippen molar-refractivity contribution in [2.75, 3.05) is 0 Å². The van der Waals surface area contributed by atoms with Crippen molar-refractivity contribution in [3.05, 3.63) is 99.7 Å². The minimum atomic E-state index is -3.82. The molecule has 0 aliphatic rings. The molecule has 6 nitrogen and oxygen atoms in total. The number of aryl methyl sites for hydroxylation is 1. The second-order valence-corrected chi connectivity index (χ2v) is 9.70. The fourth-order valence-electron chi connectivity index (χ4n) is 3.20. The molecule has 4 rings (SSSR count). The molecule has 9 heteroatoms. The van der Waals surface area contributed by atoms with Gasteiger partial charge < -0.3 is 0 Å². The smallest absolute Gasteiger partial charge is 0.267 e. The Morgan fingerprint density at radius 3 is 2.47 bits per heavy atom. The summed E-state index contributed by atoms with van der Waals surface area (Å²) in [4.78, 5) is 12.5. The van der Waals surface area contributed by atoms with Crippen LogP contribution in [0.3, 0.4) is 0 Å². The summed E-state index contributed by atoms with van der Waals surface area (Å²) in [6.45, 7) is 1.89. The molecule has 0 saturated heterocycles. The van der Waals surface area contributed by atoms with Crippen molar-refractivity contribution in [2.24, 2.45) is 5.10 Å². The van der Waals surface area contributed by atoms with E-state index in [0.717, 1.165) is 5.56 Å². The first-order valence-electron chi connectivity index (χ1n) is 9.48. The van der Waals surface area contributed by atoms with Gasteiger partial charge in [0.2, 0.25) is 0 Å². The van der Waals surface area contributed by atoms with Crippen LogP contribution in [0.25, 0.3) is 10.9 Å². The molecule has 1 aromatic heterocycles. The summed E-state index contributed by atoms with van der Waals surface area (Å²) in [5, 5.41) is 5.27. The first-order chi connectivity index (χ1) is 15.3. The number of carbonyl (C=O) groups is 1. The first-order valence-corrected chi connectivity index (χ1v) is 11.7. The summed E-state index contributed by atoms with van der Waals surface area (Å²) in [5.41, 5.74) is 4.61. The van der Waals surface area contributed by atoms with Crippen LogP contribution in [0.15, 0.2) is 82.9 Å². The lowest BCUT2D eigenvalue weighted by atomic mass is 10.2. The molecule has 0 bridgehead atoms. The van der Waals surface area contributed by atoms with Crippen LogP contribution in [-0.4, -0.2) is 24.5 Å². The number of nitrogens with zero attached hydrogens (tertiary/aromatic N) is 2. The van der Waals surface area contributed by atoms with Gasteiger partial charge >= 0.3 is 0 Å². The monoisotopic (exact) mass is 485 g/mol. The summed E-state index contributed by atoms with van der Waals surface area (Å²) in [6, 6.07) is 18.2. The van der Waals surface area contributed by atoms with E-state index in [1.54, 1.807) is 54.6 Å². The number of hydrazone groups is 1. The van der Waals surface area contributed by atoms with Gasteiger partial charge in [-0.1, -0.05) is 59.1 Å². The van der Waals surface area contributed by atoms with Crippen LogP contribution in [0.2, 0.25) is 10.0 Å². The van der Waals surface area contributed by atoms with Gasteiger partial charge in [-0.3, -0.25) is 4.79 Å². The van der Waals surface area contributed by atoms with E-state index >= 15 is 0 Å². The van der Waals surface area contributed by atoms with Crippen molar-refractivity contribution in [2.45, 2.75) is 11.8 Å². The molecule has 0 saturated carbocycles. The largest absolute Gasteiger partial charge is 0.272 e. The Morgan fingerprint density at radius 2 is 1.75 bits per heavy atom. The van der Waals surface area contributed by atoms with E-state index in [9.17, 15) is 13.2 Å². The molecule has 0 aliphatic heterocycles. The van der Waals surface area contributed by atoms with E-state index < -0.39 is 15.9 Å². The van der Waals surface area contributed by atoms with Crippen molar-refractivity contribution in [1.29, 1.82) is 0 Å². The topological polar surface area (TPSA) is 80.5 Å². The molecule has 0 fully saturated rings. The van der Waals surface area contributed by atoms with Crippen molar-refractivity contribution < 1.29 is 13.2 Å². The minimum Gasteiger partial charge on any atom is -0.267 e. The highest BCUT2D eigenvalue weighted by molar-refractivity contribution is 7.90. The lowest BCUT2D eigenvalue weighted by Crippen LogP contribution is -2.18. The minimum absolute atomic E-state index is 0.179. The number of fused-ring (bicyclic) bond motifs is 1. The Morgan fingerprint density at radius 1 is 1.03 bits per heavy atom. The Balaban J connectivity index is 1.67. The maximum atomic E-state index is 13.2. The summed E-state index contributed by atoms with van der Waals surface area (Å²) in [7, 11) is -3.82. The van der Waals surface area contributed by atoms with E-state index in [4.69, 9.17) is 23.2 Å². The van der Waals surface area contributed by atoms with Gasteiger partial charge in [-0.2, -0.15) is 5.10 Å². The fraction of sp³-hybridized carbons (Fsp3) is 0.0435. The van der Waals surface area contributed by atoms with Gasteiger partial charge in [0.15, 0.2) is 0 Å². The quantitative estimate of drug-likeness (QED) is 0.309. The third-order valence-electron chi connectivity index (χ3n) is 4.83. The number of aromatic nitrogens is 1. The number of carbonyl (C=O) groups excluding carboxylic acids is 1. The summed E-state index contributed by atoms with van der Waals surface area (Å²) < 4.78 is 27.7. The lowest BCUT2D eigenvalue weighted by molar-refractivity contribution is 0.0955. The number of halogens is 2. The molecule has 1 amide bonds. The number of benzene rings is 3. The number of para-hydroxylation sites is 1. The van der Waals surface area contributed by atoms with Gasteiger partial charge in [0, 0.05) is 22.2 Å². The Labute approximate surface area is 195 Å². The molecule has 0 radical (unpaired) electrons. The van der Waals surface area contributed by atoms with E-state index in [2.05, 4.69) is 10.5 Å². The molecular formula is C23H17Cl2N3O3S. The fourth-order valence-corrected chi connectivity index (χ4v) is 5.07. The molecule has 1 N–H and O–H groups in total. The average Bonchev–Trinajstić information content (AvgIpc) is 3.13. The second kappa shape index (κ2) is 8.78. The first kappa shape index (κ1) is 22.1. The SMILES string of the molecule is Cc1ccc(S(=O)(=O)n2cc(/C=N\NC(=O)c3ccc(Cl)cc3Cl)c3ccccc32)cc1. The van der Waals surface area contributed by atoms with Crippen molar-refractivity contribution in [1.82, 2.24) is 9.40 Å². The zero-order valence-corrected chi connectivity index (χ0v) is 19.1. The second-order valence-electron chi connectivity index (χ2n) is 7.04. The summed E-state index contributed by atoms with van der Waals surface area (Å²) in [5.74, 6) is -0.515. The van der Waals surface area contributed by atoms with Gasteiger partial charge in [-0.05, 0) is 43.3 Å². The molecule has 1 heterocycles. The van der Waals surface area contributed by atoms with Gasteiger partial charge in [0.1, 0.15) is 0 Å². The van der Waals surface area contributed by atoms with Crippen molar-refractivity contribution in [3.63, 3.8) is 0 Å². The predicted octanol–water partition coefficient (Wildman–Crippen LogP) is 5.26. The average molecular weight is 486 g/mol. The van der Waals surface area contributed by atoms with Crippen LogP contribution in [0, 0.1) is 6.92 Å². The van der Waals surface area contributed by atoms with Crippen LogP contribution in [0.1, 0.15) is 21.5 Å². The van der Waals surface area contributed by atoms with Crippen LogP contribution in [0.4, 0.5) is 0 Å². The van der Waals surface area contributed by atoms with E-state index in [1.807, 2.05) is 6.92 Å². The number of hydrogen-bond donors (Lipinski definition) is 1. The highest BCUT2D eigenvalue weighted by Crippen LogP contribution is 2.25. The molecule has 32 heavy (non-hydrogen) atoms. The Bertz CT molecular complexity index is 1460. The normalized spacial score (nSPS) is 11.8. The predicted molar refractivity (Wildman–Crippen MR) is 127 cm³/mol. The molecule has 0 aliphatic carbocycles.